The van der Waals surface area contributed by atoms with Crippen LogP contribution in [0.25, 0.3) is 0 Å². The molecule has 3 atom stereocenters. The summed E-state index contributed by atoms with van der Waals surface area (Å²) in [6.45, 7) is 1.83. The molecule has 24 heavy (non-hydrogen) atoms. The monoisotopic (exact) mass is 341 g/mol. The van der Waals surface area contributed by atoms with Crippen molar-refractivity contribution in [3.05, 3.63) is 65.7 Å². The quantitative estimate of drug-likeness (QED) is 0.922. The number of benzene rings is 2. The number of nitriles is 1. The Bertz CT molecular complexity index is 929. The van der Waals surface area contributed by atoms with Gasteiger partial charge in [0.1, 0.15) is 5.25 Å². The summed E-state index contributed by atoms with van der Waals surface area (Å²) < 4.78 is 25.9. The topological polar surface area (TPSA) is 95.2 Å². The highest BCUT2D eigenvalue weighted by Crippen LogP contribution is 2.63. The molecule has 1 saturated carbocycles. The zero-order valence-corrected chi connectivity index (χ0v) is 13.7. The molecular weight excluding hydrogens is 326 g/mol. The van der Waals surface area contributed by atoms with Gasteiger partial charge in [-0.25, -0.2) is 8.42 Å². The number of carboxylic acids is 1. The molecule has 3 rings (SSSR count). The standard InChI is InChI=1S/C18H15NO4S/c1-12-7-9-14(10-8-12)24(22,23)16-15(13-5-3-2-4-6-13)18(16,11-19)17(20)21/h2-10,15-16H,1H3,(H,20,21)/t15-,16+,18+/m0/s1. The summed E-state index contributed by atoms with van der Waals surface area (Å²) in [4.78, 5) is 11.8. The molecule has 1 N–H and O–H groups in total. The van der Waals surface area contributed by atoms with E-state index in [0.717, 1.165) is 5.56 Å². The van der Waals surface area contributed by atoms with Crippen LogP contribution in [-0.4, -0.2) is 24.7 Å². The van der Waals surface area contributed by atoms with Gasteiger partial charge in [0, 0.05) is 5.92 Å². The second-order valence-corrected chi connectivity index (χ2v) is 8.02. The van der Waals surface area contributed by atoms with Gasteiger partial charge in [0.15, 0.2) is 15.3 Å². The first-order chi connectivity index (χ1) is 11.4. The van der Waals surface area contributed by atoms with Gasteiger partial charge >= 0.3 is 5.97 Å². The fourth-order valence-electron chi connectivity index (χ4n) is 3.19. The fraction of sp³-hybridized carbons (Fsp3) is 0.222. The van der Waals surface area contributed by atoms with E-state index in [0.29, 0.717) is 5.56 Å². The Morgan fingerprint density at radius 2 is 1.71 bits per heavy atom. The molecule has 0 radical (unpaired) electrons. The summed E-state index contributed by atoms with van der Waals surface area (Å²) in [6.07, 6.45) is 0. The molecule has 1 aliphatic rings. The fourth-order valence-corrected chi connectivity index (χ4v) is 5.44. The van der Waals surface area contributed by atoms with Crippen molar-refractivity contribution in [1.29, 1.82) is 5.26 Å². The second-order valence-electron chi connectivity index (χ2n) is 5.95. The smallest absolute Gasteiger partial charge is 0.326 e. The summed E-state index contributed by atoms with van der Waals surface area (Å²) in [6, 6.07) is 16.4. The minimum absolute atomic E-state index is 0.0393. The molecular formula is C18H15NO4S. The summed E-state index contributed by atoms with van der Waals surface area (Å²) in [7, 11) is -3.95. The molecule has 5 nitrogen and oxygen atoms in total. The molecule has 0 aliphatic heterocycles. The summed E-state index contributed by atoms with van der Waals surface area (Å²) >= 11 is 0. The largest absolute Gasteiger partial charge is 0.480 e. The Morgan fingerprint density at radius 3 is 2.21 bits per heavy atom. The van der Waals surface area contributed by atoms with E-state index in [1.807, 2.05) is 6.92 Å². The third-order valence-corrected chi connectivity index (χ3v) is 6.76. The second kappa shape index (κ2) is 5.46. The van der Waals surface area contributed by atoms with Gasteiger partial charge in [0.2, 0.25) is 0 Å². The lowest BCUT2D eigenvalue weighted by atomic mass is 10.0. The first kappa shape index (κ1) is 16.2. The van der Waals surface area contributed by atoms with E-state index >= 15 is 0 Å². The van der Waals surface area contributed by atoms with E-state index in [4.69, 9.17) is 0 Å². The normalized spacial score (nSPS) is 25.7. The van der Waals surface area contributed by atoms with E-state index < -0.39 is 32.4 Å². The Hall–Kier alpha value is -2.65. The number of aryl methyl sites for hydroxylation is 1. The van der Waals surface area contributed by atoms with Crippen LogP contribution in [0.15, 0.2) is 59.5 Å². The van der Waals surface area contributed by atoms with Crippen LogP contribution in [-0.2, 0) is 14.6 Å². The van der Waals surface area contributed by atoms with Crippen LogP contribution >= 0.6 is 0 Å². The highest BCUT2D eigenvalue weighted by Gasteiger charge is 2.77. The van der Waals surface area contributed by atoms with Crippen LogP contribution in [0.1, 0.15) is 17.0 Å². The van der Waals surface area contributed by atoms with Crippen LogP contribution in [0.2, 0.25) is 0 Å². The lowest BCUT2D eigenvalue weighted by Gasteiger charge is -2.05. The maximum atomic E-state index is 13.0. The van der Waals surface area contributed by atoms with Crippen molar-refractivity contribution < 1.29 is 18.3 Å². The molecule has 1 fully saturated rings. The molecule has 0 unspecified atom stereocenters. The van der Waals surface area contributed by atoms with E-state index in [2.05, 4.69) is 0 Å². The zero-order valence-electron chi connectivity index (χ0n) is 12.9. The molecule has 0 aromatic heterocycles. The number of aliphatic carboxylic acids is 1. The number of sulfone groups is 1. The average molecular weight is 341 g/mol. The Labute approximate surface area is 140 Å². The van der Waals surface area contributed by atoms with Gasteiger partial charge in [-0.2, -0.15) is 5.26 Å². The molecule has 0 bridgehead atoms. The molecule has 1 aliphatic carbocycles. The van der Waals surface area contributed by atoms with Gasteiger partial charge < -0.3 is 5.11 Å². The minimum Gasteiger partial charge on any atom is -0.480 e. The van der Waals surface area contributed by atoms with Crippen LogP contribution in [0.5, 0.6) is 0 Å². The van der Waals surface area contributed by atoms with Crippen molar-refractivity contribution in [2.75, 3.05) is 0 Å². The molecule has 2 aromatic carbocycles. The van der Waals surface area contributed by atoms with Gasteiger partial charge in [-0.15, -0.1) is 0 Å². The van der Waals surface area contributed by atoms with E-state index in [1.165, 1.54) is 12.1 Å². The van der Waals surface area contributed by atoms with Crippen LogP contribution in [0.4, 0.5) is 0 Å². The summed E-state index contributed by atoms with van der Waals surface area (Å²) in [5.41, 5.74) is -0.512. The van der Waals surface area contributed by atoms with Gasteiger partial charge in [-0.05, 0) is 24.6 Å². The molecule has 6 heteroatoms. The lowest BCUT2D eigenvalue weighted by Crippen LogP contribution is -2.22. The third kappa shape index (κ3) is 2.21. The number of hydrogen-bond acceptors (Lipinski definition) is 4. The lowest BCUT2D eigenvalue weighted by molar-refractivity contribution is -0.141. The maximum Gasteiger partial charge on any atom is 0.326 e. The van der Waals surface area contributed by atoms with Crippen molar-refractivity contribution >= 4 is 15.8 Å². The SMILES string of the molecule is Cc1ccc(S(=O)(=O)[C@@H]2[C@H](c3ccccc3)[C@@]2(C#N)C(=O)O)cc1. The van der Waals surface area contributed by atoms with Gasteiger partial charge in [0.05, 0.1) is 11.0 Å². The number of rotatable bonds is 4. The first-order valence-corrected chi connectivity index (χ1v) is 8.90. The first-order valence-electron chi connectivity index (χ1n) is 7.36. The van der Waals surface area contributed by atoms with Gasteiger partial charge in [-0.1, -0.05) is 48.0 Å². The molecule has 0 amide bonds. The van der Waals surface area contributed by atoms with Crippen molar-refractivity contribution in [2.24, 2.45) is 5.41 Å². The zero-order chi connectivity index (χ0) is 17.5. The van der Waals surface area contributed by atoms with E-state index in [1.54, 1.807) is 48.5 Å². The number of carbonyl (C=O) groups is 1. The highest BCUT2D eigenvalue weighted by atomic mass is 32.2. The molecule has 0 saturated heterocycles. The van der Waals surface area contributed by atoms with Gasteiger partial charge in [-0.3, -0.25) is 4.79 Å². The summed E-state index contributed by atoms with van der Waals surface area (Å²) in [5, 5.41) is 17.8. The summed E-state index contributed by atoms with van der Waals surface area (Å²) in [5.74, 6) is -2.29. The van der Waals surface area contributed by atoms with Gasteiger partial charge in [0.25, 0.3) is 0 Å². The van der Waals surface area contributed by atoms with E-state index in [-0.39, 0.29) is 4.90 Å². The van der Waals surface area contributed by atoms with Crippen molar-refractivity contribution in [3.63, 3.8) is 0 Å². The number of hydrogen-bond donors (Lipinski definition) is 1. The minimum atomic E-state index is -3.95. The maximum absolute atomic E-state index is 13.0. The van der Waals surface area contributed by atoms with E-state index in [9.17, 15) is 23.6 Å². The predicted molar refractivity (Wildman–Crippen MR) is 87.0 cm³/mol. The Balaban J connectivity index is 2.13. The van der Waals surface area contributed by atoms with Crippen molar-refractivity contribution in [2.45, 2.75) is 23.0 Å². The number of nitrogens with zero attached hydrogens (tertiary/aromatic N) is 1. The molecule has 0 spiro atoms. The van der Waals surface area contributed by atoms with Crippen molar-refractivity contribution in [1.82, 2.24) is 0 Å². The molecule has 0 heterocycles. The molecule has 2 aromatic rings. The Kier molecular flexibility index (Phi) is 3.69. The Morgan fingerprint density at radius 1 is 1.12 bits per heavy atom. The van der Waals surface area contributed by atoms with Crippen LogP contribution in [0.3, 0.4) is 0 Å². The average Bonchev–Trinajstić information content (AvgIpc) is 3.28. The predicted octanol–water partition coefficient (Wildman–Crippen LogP) is 2.53. The van der Waals surface area contributed by atoms with Crippen molar-refractivity contribution in [3.8, 4) is 6.07 Å². The highest BCUT2D eigenvalue weighted by molar-refractivity contribution is 7.92. The van der Waals surface area contributed by atoms with Crippen LogP contribution in [0, 0.1) is 23.7 Å². The third-order valence-electron chi connectivity index (χ3n) is 4.51. The molecule has 122 valence electrons. The van der Waals surface area contributed by atoms with Crippen LogP contribution < -0.4 is 0 Å². The number of carboxylic acid groups (broad SMARTS) is 1.